The van der Waals surface area contributed by atoms with E-state index in [1.165, 1.54) is 12.3 Å². The first-order valence-electron chi connectivity index (χ1n) is 4.10. The van der Waals surface area contributed by atoms with Gasteiger partial charge in [0.2, 0.25) is 5.91 Å². The maximum Gasteiger partial charge on any atom is 0.354 e. The lowest BCUT2D eigenvalue weighted by atomic mass is 10.4. The number of nitrogens with one attached hydrogen (secondary N) is 1. The Morgan fingerprint density at radius 1 is 1.67 bits per heavy atom. The zero-order valence-corrected chi connectivity index (χ0v) is 7.80. The molecule has 0 aromatic carbocycles. The summed E-state index contributed by atoms with van der Waals surface area (Å²) in [6, 6.07) is 1.32. The Bertz CT molecular complexity index is 416. The molecular weight excluding hydrogens is 198 g/mol. The van der Waals surface area contributed by atoms with E-state index in [2.05, 4.69) is 16.3 Å². The second-order valence-electron chi connectivity index (χ2n) is 2.66. The average molecular weight is 207 g/mol. The standard InChI is InChI=1S/C9H9N3O3/c1-2-4-10-8(13)6-12-7(9(14)15)3-5-11-12/h1,3,5H,4,6H2,(H,10,13)(H,14,15). The monoisotopic (exact) mass is 207 g/mol. The van der Waals surface area contributed by atoms with Crippen molar-refractivity contribution in [1.29, 1.82) is 0 Å². The average Bonchev–Trinajstić information content (AvgIpc) is 2.62. The molecule has 0 spiro atoms. The van der Waals surface area contributed by atoms with Gasteiger partial charge >= 0.3 is 5.97 Å². The van der Waals surface area contributed by atoms with Crippen molar-refractivity contribution in [1.82, 2.24) is 15.1 Å². The van der Waals surface area contributed by atoms with Crippen LogP contribution >= 0.6 is 0 Å². The van der Waals surface area contributed by atoms with Crippen LogP contribution in [0.5, 0.6) is 0 Å². The van der Waals surface area contributed by atoms with Gasteiger partial charge in [0.25, 0.3) is 0 Å². The van der Waals surface area contributed by atoms with E-state index in [-0.39, 0.29) is 24.7 Å². The highest BCUT2D eigenvalue weighted by atomic mass is 16.4. The number of carbonyl (C=O) groups is 2. The molecule has 1 amide bonds. The highest BCUT2D eigenvalue weighted by Gasteiger charge is 2.12. The van der Waals surface area contributed by atoms with E-state index in [0.29, 0.717) is 0 Å². The number of carbonyl (C=O) groups excluding carboxylic acids is 1. The lowest BCUT2D eigenvalue weighted by Crippen LogP contribution is -2.29. The summed E-state index contributed by atoms with van der Waals surface area (Å²) in [5.41, 5.74) is -0.0362. The van der Waals surface area contributed by atoms with Gasteiger partial charge in [-0.05, 0) is 6.07 Å². The molecule has 0 aliphatic carbocycles. The number of amides is 1. The number of carboxylic acids is 1. The molecule has 0 bridgehead atoms. The van der Waals surface area contributed by atoms with Gasteiger partial charge in [0, 0.05) is 6.20 Å². The minimum absolute atomic E-state index is 0.0362. The predicted molar refractivity (Wildman–Crippen MR) is 51.0 cm³/mol. The molecule has 6 nitrogen and oxygen atoms in total. The van der Waals surface area contributed by atoms with Crippen LogP contribution in [0.1, 0.15) is 10.5 Å². The number of rotatable bonds is 4. The molecule has 78 valence electrons. The third-order valence-electron chi connectivity index (χ3n) is 1.62. The van der Waals surface area contributed by atoms with Crippen LogP contribution in [0.2, 0.25) is 0 Å². The van der Waals surface area contributed by atoms with Crippen molar-refractivity contribution in [2.45, 2.75) is 6.54 Å². The number of aromatic nitrogens is 2. The van der Waals surface area contributed by atoms with Crippen molar-refractivity contribution in [2.75, 3.05) is 6.54 Å². The zero-order chi connectivity index (χ0) is 11.3. The fraction of sp³-hybridized carbons (Fsp3) is 0.222. The SMILES string of the molecule is C#CCNC(=O)Cn1nccc1C(=O)O. The van der Waals surface area contributed by atoms with Gasteiger partial charge in [-0.3, -0.25) is 4.79 Å². The molecule has 0 saturated heterocycles. The number of nitrogens with zero attached hydrogens (tertiary/aromatic N) is 2. The van der Waals surface area contributed by atoms with Crippen molar-refractivity contribution >= 4 is 11.9 Å². The molecule has 0 aliphatic heterocycles. The fourth-order valence-corrected chi connectivity index (χ4v) is 0.982. The highest BCUT2D eigenvalue weighted by Crippen LogP contribution is 1.97. The second kappa shape index (κ2) is 4.81. The minimum Gasteiger partial charge on any atom is -0.477 e. The van der Waals surface area contributed by atoms with Gasteiger partial charge in [-0.25, -0.2) is 9.48 Å². The van der Waals surface area contributed by atoms with E-state index in [1.807, 2.05) is 0 Å². The molecule has 1 aromatic heterocycles. The molecule has 0 radical (unpaired) electrons. The summed E-state index contributed by atoms with van der Waals surface area (Å²) in [4.78, 5) is 21.8. The Morgan fingerprint density at radius 3 is 3.00 bits per heavy atom. The summed E-state index contributed by atoms with van der Waals surface area (Å²) in [7, 11) is 0. The molecular formula is C9H9N3O3. The van der Waals surface area contributed by atoms with E-state index >= 15 is 0 Å². The Hall–Kier alpha value is -2.29. The topological polar surface area (TPSA) is 84.2 Å². The first-order valence-corrected chi connectivity index (χ1v) is 4.10. The van der Waals surface area contributed by atoms with Crippen molar-refractivity contribution in [3.05, 3.63) is 18.0 Å². The van der Waals surface area contributed by atoms with E-state index in [0.717, 1.165) is 4.68 Å². The number of carboxylic acid groups (broad SMARTS) is 1. The van der Waals surface area contributed by atoms with Gasteiger partial charge in [-0.1, -0.05) is 5.92 Å². The van der Waals surface area contributed by atoms with E-state index < -0.39 is 5.97 Å². The Balaban J connectivity index is 2.65. The quantitative estimate of drug-likeness (QED) is 0.641. The van der Waals surface area contributed by atoms with E-state index in [1.54, 1.807) is 0 Å². The third kappa shape index (κ3) is 2.84. The van der Waals surface area contributed by atoms with E-state index in [9.17, 15) is 9.59 Å². The summed E-state index contributed by atoms with van der Waals surface area (Å²) in [6.07, 6.45) is 6.26. The van der Waals surface area contributed by atoms with Crippen molar-refractivity contribution in [2.24, 2.45) is 0 Å². The largest absolute Gasteiger partial charge is 0.477 e. The molecule has 0 atom stereocenters. The molecule has 0 unspecified atom stereocenters. The van der Waals surface area contributed by atoms with Crippen LogP contribution < -0.4 is 5.32 Å². The molecule has 15 heavy (non-hydrogen) atoms. The summed E-state index contributed by atoms with van der Waals surface area (Å²) in [6.45, 7) is -0.0428. The number of hydrogen-bond donors (Lipinski definition) is 2. The maximum absolute atomic E-state index is 11.2. The fourth-order valence-electron chi connectivity index (χ4n) is 0.982. The van der Waals surface area contributed by atoms with Gasteiger partial charge in [0.15, 0.2) is 0 Å². The van der Waals surface area contributed by atoms with Crippen LogP contribution in [0.25, 0.3) is 0 Å². The minimum atomic E-state index is -1.13. The van der Waals surface area contributed by atoms with Gasteiger partial charge in [-0.2, -0.15) is 5.10 Å². The van der Waals surface area contributed by atoms with Gasteiger partial charge in [-0.15, -0.1) is 6.42 Å². The first-order chi connectivity index (χ1) is 7.15. The van der Waals surface area contributed by atoms with Crippen molar-refractivity contribution in [3.8, 4) is 12.3 Å². The number of aromatic carboxylic acids is 1. The summed E-state index contributed by atoms with van der Waals surface area (Å²) >= 11 is 0. The summed E-state index contributed by atoms with van der Waals surface area (Å²) < 4.78 is 1.09. The van der Waals surface area contributed by atoms with Crippen LogP contribution in [-0.4, -0.2) is 33.3 Å². The molecule has 2 N–H and O–H groups in total. The van der Waals surface area contributed by atoms with Crippen molar-refractivity contribution in [3.63, 3.8) is 0 Å². The van der Waals surface area contributed by atoms with E-state index in [4.69, 9.17) is 11.5 Å². The third-order valence-corrected chi connectivity index (χ3v) is 1.62. The lowest BCUT2D eigenvalue weighted by Gasteiger charge is -2.03. The molecule has 1 rings (SSSR count). The van der Waals surface area contributed by atoms with Gasteiger partial charge in [0.05, 0.1) is 6.54 Å². The van der Waals surface area contributed by atoms with Crippen molar-refractivity contribution < 1.29 is 14.7 Å². The van der Waals surface area contributed by atoms with Crippen LogP contribution in [0.15, 0.2) is 12.3 Å². The van der Waals surface area contributed by atoms with Crippen LogP contribution in [0.3, 0.4) is 0 Å². The normalized spacial score (nSPS) is 9.27. The summed E-state index contributed by atoms with van der Waals surface area (Å²) in [5, 5.41) is 14.8. The predicted octanol–water partition coefficient (Wildman–Crippen LogP) is -0.669. The van der Waals surface area contributed by atoms with Crippen LogP contribution in [0.4, 0.5) is 0 Å². The number of hydrogen-bond acceptors (Lipinski definition) is 3. The molecule has 0 aliphatic rings. The maximum atomic E-state index is 11.2. The van der Waals surface area contributed by atoms with Gasteiger partial charge < -0.3 is 10.4 Å². The molecule has 0 fully saturated rings. The Morgan fingerprint density at radius 2 is 2.40 bits per heavy atom. The van der Waals surface area contributed by atoms with Crippen LogP contribution in [-0.2, 0) is 11.3 Å². The smallest absolute Gasteiger partial charge is 0.354 e. The molecule has 1 aromatic rings. The molecule has 0 saturated carbocycles. The lowest BCUT2D eigenvalue weighted by molar-refractivity contribution is -0.121. The van der Waals surface area contributed by atoms with Gasteiger partial charge in [0.1, 0.15) is 12.2 Å². The molecule has 6 heteroatoms. The second-order valence-corrected chi connectivity index (χ2v) is 2.66. The zero-order valence-electron chi connectivity index (χ0n) is 7.80. The number of terminal acetylenes is 1. The first kappa shape index (κ1) is 10.8. The summed E-state index contributed by atoms with van der Waals surface area (Å²) in [5.74, 6) is 0.734. The Kier molecular flexibility index (Phi) is 3.46. The molecule has 1 heterocycles. The highest BCUT2D eigenvalue weighted by molar-refractivity contribution is 5.86. The van der Waals surface area contributed by atoms with Crippen LogP contribution in [0, 0.1) is 12.3 Å². The Labute approximate surface area is 85.9 Å².